The highest BCUT2D eigenvalue weighted by molar-refractivity contribution is 7.22. The fourth-order valence-electron chi connectivity index (χ4n) is 4.01. The Morgan fingerprint density at radius 3 is 2.82 bits per heavy atom. The fourth-order valence-corrected chi connectivity index (χ4v) is 5.17. The van der Waals surface area contributed by atoms with Crippen molar-refractivity contribution in [2.75, 3.05) is 18.1 Å². The second-order valence-electron chi connectivity index (χ2n) is 8.62. The number of ether oxygens (including phenoxy) is 1. The Hall–Kier alpha value is -3.19. The molecule has 4 aromatic rings. The molecule has 0 aliphatic carbocycles. The van der Waals surface area contributed by atoms with Crippen LogP contribution in [0.1, 0.15) is 54.1 Å². The largest absolute Gasteiger partial charge is 0.494 e. The Balaban J connectivity index is 1.58. The van der Waals surface area contributed by atoms with Gasteiger partial charge < -0.3 is 9.30 Å². The molecule has 34 heavy (non-hydrogen) atoms. The van der Waals surface area contributed by atoms with Crippen molar-refractivity contribution in [2.45, 2.75) is 53.0 Å². The van der Waals surface area contributed by atoms with Crippen LogP contribution in [0.5, 0.6) is 5.75 Å². The number of aryl methyl sites for hydroxylation is 3. The Bertz CT molecular complexity index is 1230. The highest BCUT2D eigenvalue weighted by atomic mass is 32.1. The topological polar surface area (TPSA) is 60.2 Å². The van der Waals surface area contributed by atoms with Crippen LogP contribution in [0, 0.1) is 13.8 Å². The summed E-state index contributed by atoms with van der Waals surface area (Å²) in [4.78, 5) is 24.5. The molecule has 2 aromatic heterocycles. The molecular formula is C27H32N4O2S. The first-order valence-electron chi connectivity index (χ1n) is 11.9. The van der Waals surface area contributed by atoms with Crippen LogP contribution >= 0.6 is 11.3 Å². The van der Waals surface area contributed by atoms with Crippen LogP contribution < -0.4 is 9.64 Å². The molecule has 0 spiro atoms. The number of nitrogens with zero attached hydrogens (tertiary/aromatic N) is 4. The van der Waals surface area contributed by atoms with Crippen molar-refractivity contribution in [1.29, 1.82) is 0 Å². The number of hydrogen-bond acceptors (Lipinski definition) is 5. The lowest BCUT2D eigenvalue weighted by molar-refractivity contribution is 0.0986. The first-order valence-corrected chi connectivity index (χ1v) is 12.7. The number of fused-ring (bicyclic) bond motifs is 1. The fraction of sp³-hybridized carbons (Fsp3) is 0.370. The number of benzene rings is 2. The maximum atomic E-state index is 13.7. The van der Waals surface area contributed by atoms with Gasteiger partial charge in [0.05, 0.1) is 23.2 Å². The predicted octanol–water partition coefficient (Wildman–Crippen LogP) is 6.42. The van der Waals surface area contributed by atoms with Crippen molar-refractivity contribution >= 4 is 32.6 Å². The molecule has 0 unspecified atom stereocenters. The van der Waals surface area contributed by atoms with Gasteiger partial charge in [0.15, 0.2) is 5.13 Å². The molecule has 0 N–H and O–H groups in total. The van der Waals surface area contributed by atoms with Crippen molar-refractivity contribution in [3.05, 3.63) is 71.8 Å². The van der Waals surface area contributed by atoms with Crippen LogP contribution in [0.15, 0.2) is 55.1 Å². The van der Waals surface area contributed by atoms with Crippen LogP contribution in [0.25, 0.3) is 10.2 Å². The van der Waals surface area contributed by atoms with Gasteiger partial charge in [0.25, 0.3) is 5.91 Å². The maximum Gasteiger partial charge on any atom is 0.260 e. The van der Waals surface area contributed by atoms with E-state index in [2.05, 4.69) is 37.9 Å². The highest BCUT2D eigenvalue weighted by Crippen LogP contribution is 2.33. The van der Waals surface area contributed by atoms with Crippen LogP contribution in [0.4, 0.5) is 5.13 Å². The summed E-state index contributed by atoms with van der Waals surface area (Å²) in [5.41, 5.74) is 3.91. The van der Waals surface area contributed by atoms with Gasteiger partial charge in [0.1, 0.15) is 5.75 Å². The molecule has 178 valence electrons. The third-order valence-corrected chi connectivity index (χ3v) is 6.77. The summed E-state index contributed by atoms with van der Waals surface area (Å²) in [6.45, 7) is 8.35. The summed E-state index contributed by atoms with van der Waals surface area (Å²) < 4.78 is 9.03. The van der Waals surface area contributed by atoms with E-state index >= 15 is 0 Å². The van der Waals surface area contributed by atoms with E-state index in [1.165, 1.54) is 5.56 Å². The lowest BCUT2D eigenvalue weighted by Gasteiger charge is -2.20. The Morgan fingerprint density at radius 1 is 1.15 bits per heavy atom. The molecule has 0 atom stereocenters. The maximum absolute atomic E-state index is 13.7. The Labute approximate surface area is 205 Å². The molecular weight excluding hydrogens is 444 g/mol. The van der Waals surface area contributed by atoms with E-state index in [4.69, 9.17) is 9.72 Å². The molecule has 1 amide bonds. The van der Waals surface area contributed by atoms with E-state index in [9.17, 15) is 4.79 Å². The summed E-state index contributed by atoms with van der Waals surface area (Å²) in [5, 5.41) is 0.730. The minimum Gasteiger partial charge on any atom is -0.494 e. The minimum atomic E-state index is -0.0573. The van der Waals surface area contributed by atoms with Crippen LogP contribution in [0.3, 0.4) is 0 Å². The number of thiazole rings is 1. The molecule has 2 heterocycles. The molecule has 0 fully saturated rings. The quantitative estimate of drug-likeness (QED) is 0.235. The zero-order valence-corrected chi connectivity index (χ0v) is 21.0. The lowest BCUT2D eigenvalue weighted by Crippen LogP contribution is -2.32. The lowest BCUT2D eigenvalue weighted by atomic mass is 10.1. The van der Waals surface area contributed by atoms with E-state index in [-0.39, 0.29) is 5.91 Å². The normalized spacial score (nSPS) is 11.1. The first kappa shape index (κ1) is 24.0. The molecule has 0 aliphatic heterocycles. The summed E-state index contributed by atoms with van der Waals surface area (Å²) in [6.07, 6.45) is 9.61. The Kier molecular flexibility index (Phi) is 7.95. The third kappa shape index (κ3) is 5.83. The number of anilines is 1. The molecule has 0 saturated carbocycles. The van der Waals surface area contributed by atoms with E-state index < -0.39 is 0 Å². The summed E-state index contributed by atoms with van der Waals surface area (Å²) in [5.74, 6) is 0.675. The van der Waals surface area contributed by atoms with Crippen molar-refractivity contribution in [1.82, 2.24) is 14.5 Å². The van der Waals surface area contributed by atoms with Gasteiger partial charge in [0, 0.05) is 31.0 Å². The van der Waals surface area contributed by atoms with Gasteiger partial charge in [-0.05, 0) is 62.1 Å². The minimum absolute atomic E-state index is 0.0573. The number of amides is 1. The van der Waals surface area contributed by atoms with Crippen molar-refractivity contribution in [3.63, 3.8) is 0 Å². The van der Waals surface area contributed by atoms with E-state index in [0.29, 0.717) is 18.7 Å². The van der Waals surface area contributed by atoms with Crippen LogP contribution in [0.2, 0.25) is 0 Å². The van der Waals surface area contributed by atoms with Gasteiger partial charge in [-0.25, -0.2) is 9.97 Å². The number of carbonyl (C=O) groups excluding carboxylic acids is 1. The molecule has 2 aromatic carbocycles. The first-order chi connectivity index (χ1) is 16.5. The van der Waals surface area contributed by atoms with E-state index in [1.807, 2.05) is 39.9 Å². The molecule has 4 rings (SSSR count). The van der Waals surface area contributed by atoms with Gasteiger partial charge in [-0.1, -0.05) is 43.2 Å². The smallest absolute Gasteiger partial charge is 0.260 e. The summed E-state index contributed by atoms with van der Waals surface area (Å²) in [7, 11) is 0. The zero-order valence-electron chi connectivity index (χ0n) is 20.2. The van der Waals surface area contributed by atoms with Crippen molar-refractivity contribution in [3.8, 4) is 5.75 Å². The third-order valence-electron chi connectivity index (χ3n) is 5.75. The SMILES string of the molecule is CCCCCOc1cccc(C(=O)N(CCCn2ccnc2)c2nc3c(C)cc(C)cc3s2)c1. The molecule has 0 bridgehead atoms. The molecule has 6 nitrogen and oxygen atoms in total. The molecule has 0 saturated heterocycles. The van der Waals surface area contributed by atoms with Gasteiger partial charge in [-0.15, -0.1) is 0 Å². The Morgan fingerprint density at radius 2 is 2.03 bits per heavy atom. The van der Waals surface area contributed by atoms with Crippen molar-refractivity contribution < 1.29 is 9.53 Å². The standard InChI is InChI=1S/C27H32N4O2S/c1-4-5-6-15-33-23-10-7-9-22(18-23)26(32)31(13-8-12-30-14-11-28-19-30)27-29-25-21(3)16-20(2)17-24(25)34-27/h7,9-11,14,16-19H,4-6,8,12-13,15H2,1-3H3. The van der Waals surface area contributed by atoms with E-state index in [0.717, 1.165) is 58.9 Å². The summed E-state index contributed by atoms with van der Waals surface area (Å²) in [6, 6.07) is 11.8. The average Bonchev–Trinajstić information content (AvgIpc) is 3.49. The number of aromatic nitrogens is 3. The average molecular weight is 477 g/mol. The van der Waals surface area contributed by atoms with Crippen LogP contribution in [-0.2, 0) is 6.54 Å². The zero-order chi connectivity index (χ0) is 23.9. The second kappa shape index (κ2) is 11.3. The number of unbranched alkanes of at least 4 members (excludes halogenated alkanes) is 2. The second-order valence-corrected chi connectivity index (χ2v) is 9.63. The number of rotatable bonds is 11. The molecule has 7 heteroatoms. The predicted molar refractivity (Wildman–Crippen MR) is 139 cm³/mol. The van der Waals surface area contributed by atoms with Gasteiger partial charge in [0.2, 0.25) is 0 Å². The van der Waals surface area contributed by atoms with E-state index in [1.54, 1.807) is 23.9 Å². The highest BCUT2D eigenvalue weighted by Gasteiger charge is 2.22. The van der Waals surface area contributed by atoms with Gasteiger partial charge in [-0.2, -0.15) is 0 Å². The number of imidazole rings is 1. The number of carbonyl (C=O) groups is 1. The number of hydrogen-bond donors (Lipinski definition) is 0. The molecule has 0 aliphatic rings. The molecule has 0 radical (unpaired) electrons. The van der Waals surface area contributed by atoms with Crippen LogP contribution in [-0.4, -0.2) is 33.6 Å². The van der Waals surface area contributed by atoms with Crippen molar-refractivity contribution in [2.24, 2.45) is 0 Å². The van der Waals surface area contributed by atoms with Gasteiger partial charge in [-0.3, -0.25) is 9.69 Å². The van der Waals surface area contributed by atoms with Gasteiger partial charge >= 0.3 is 0 Å². The monoisotopic (exact) mass is 476 g/mol. The summed E-state index contributed by atoms with van der Waals surface area (Å²) >= 11 is 1.57.